The van der Waals surface area contributed by atoms with Gasteiger partial charge in [-0.15, -0.1) is 0 Å². The Labute approximate surface area is 252 Å². The standard InChI is InChI=1S/C32H30FN7O4/c1-42-10-9-40-28-12-24(32(41)19-43-20-32)7-8-26(28)35-30(40)17-39-15-23-14-38(16-27(23)37-39)29-3-2-4-31(36-29)44-18-22-6-5-21(13-34)11-25(22)33/h2-8,11-12,15,41H,9-10,14,16-20H2,1H3. The Hall–Kier alpha value is -4.83. The number of imidazole rings is 1. The van der Waals surface area contributed by atoms with Crippen LogP contribution in [0.3, 0.4) is 0 Å². The summed E-state index contributed by atoms with van der Waals surface area (Å²) in [6.45, 7) is 3.45. The zero-order chi connectivity index (χ0) is 30.3. The van der Waals surface area contributed by atoms with E-state index in [2.05, 4.69) is 14.5 Å². The summed E-state index contributed by atoms with van der Waals surface area (Å²) in [5, 5.41) is 24.6. The van der Waals surface area contributed by atoms with Crippen molar-refractivity contribution in [3.05, 3.63) is 100 Å². The molecular weight excluding hydrogens is 565 g/mol. The second kappa shape index (κ2) is 11.3. The molecule has 224 valence electrons. The van der Waals surface area contributed by atoms with Crippen molar-refractivity contribution in [1.82, 2.24) is 24.3 Å². The summed E-state index contributed by atoms with van der Waals surface area (Å²) in [5.74, 6) is 1.50. The molecule has 0 radical (unpaired) electrons. The minimum absolute atomic E-state index is 0.00652. The molecule has 0 spiro atoms. The second-order valence-corrected chi connectivity index (χ2v) is 11.1. The van der Waals surface area contributed by atoms with Crippen molar-refractivity contribution in [2.45, 2.75) is 38.4 Å². The molecule has 1 saturated heterocycles. The Morgan fingerprint density at radius 2 is 2.00 bits per heavy atom. The maximum absolute atomic E-state index is 14.3. The summed E-state index contributed by atoms with van der Waals surface area (Å²) >= 11 is 0. The van der Waals surface area contributed by atoms with Crippen LogP contribution in [-0.4, -0.2) is 56.4 Å². The molecular formula is C32H30FN7O4. The number of aliphatic hydroxyl groups is 1. The number of nitrogens with zero attached hydrogens (tertiary/aromatic N) is 7. The first kappa shape index (κ1) is 28.0. The SMILES string of the molecule is COCCn1c(Cn2cc3c(n2)CN(c2cccc(OCc4ccc(C#N)cc4F)n2)C3)nc2ccc(C3(O)COC3)cc21. The number of aromatic nitrogens is 5. The number of hydrogen-bond acceptors (Lipinski definition) is 9. The van der Waals surface area contributed by atoms with Gasteiger partial charge in [-0.1, -0.05) is 18.2 Å². The topological polar surface area (TPSA) is 123 Å². The first-order valence-corrected chi connectivity index (χ1v) is 14.3. The van der Waals surface area contributed by atoms with E-state index in [1.54, 1.807) is 25.3 Å². The average Bonchev–Trinajstić information content (AvgIpc) is 3.69. The molecule has 1 N–H and O–H groups in total. The van der Waals surface area contributed by atoms with E-state index in [1.807, 2.05) is 47.3 Å². The van der Waals surface area contributed by atoms with Gasteiger partial charge in [0, 0.05) is 43.6 Å². The lowest BCUT2D eigenvalue weighted by Gasteiger charge is -2.36. The molecule has 0 amide bonds. The van der Waals surface area contributed by atoms with Crippen molar-refractivity contribution < 1.29 is 23.7 Å². The highest BCUT2D eigenvalue weighted by Gasteiger charge is 2.38. The summed E-state index contributed by atoms with van der Waals surface area (Å²) in [6.07, 6.45) is 2.04. The molecule has 3 aromatic heterocycles. The number of hydrogen-bond donors (Lipinski definition) is 1. The van der Waals surface area contributed by atoms with E-state index in [4.69, 9.17) is 29.6 Å². The van der Waals surface area contributed by atoms with Gasteiger partial charge >= 0.3 is 0 Å². The van der Waals surface area contributed by atoms with Crippen LogP contribution in [0.5, 0.6) is 5.88 Å². The highest BCUT2D eigenvalue weighted by atomic mass is 19.1. The van der Waals surface area contributed by atoms with Gasteiger partial charge in [0.2, 0.25) is 5.88 Å². The molecule has 7 rings (SSSR count). The van der Waals surface area contributed by atoms with Crippen LogP contribution in [0.15, 0.2) is 60.8 Å². The van der Waals surface area contributed by atoms with Crippen LogP contribution < -0.4 is 9.64 Å². The maximum atomic E-state index is 14.3. The van der Waals surface area contributed by atoms with Crippen molar-refractivity contribution in [1.29, 1.82) is 5.26 Å². The van der Waals surface area contributed by atoms with E-state index in [-0.39, 0.29) is 12.2 Å². The quantitative estimate of drug-likeness (QED) is 0.258. The number of fused-ring (bicyclic) bond motifs is 2. The zero-order valence-electron chi connectivity index (χ0n) is 24.1. The molecule has 5 heterocycles. The Kier molecular flexibility index (Phi) is 7.21. The summed E-state index contributed by atoms with van der Waals surface area (Å²) < 4.78 is 34.7. The summed E-state index contributed by atoms with van der Waals surface area (Å²) in [5.41, 5.74) is 4.35. The lowest BCUT2D eigenvalue weighted by Crippen LogP contribution is -2.46. The van der Waals surface area contributed by atoms with Crippen molar-refractivity contribution in [3.8, 4) is 11.9 Å². The van der Waals surface area contributed by atoms with E-state index in [9.17, 15) is 9.50 Å². The van der Waals surface area contributed by atoms with Gasteiger partial charge in [-0.25, -0.2) is 9.37 Å². The molecule has 2 aromatic carbocycles. The highest BCUT2D eigenvalue weighted by Crippen LogP contribution is 2.32. The fourth-order valence-electron chi connectivity index (χ4n) is 5.62. The largest absolute Gasteiger partial charge is 0.473 e. The van der Waals surface area contributed by atoms with Crippen LogP contribution in [0.4, 0.5) is 10.2 Å². The third kappa shape index (κ3) is 5.26. The number of nitriles is 1. The molecule has 0 aliphatic carbocycles. The normalized spacial score (nSPS) is 15.3. The number of ether oxygens (including phenoxy) is 3. The molecule has 0 bridgehead atoms. The second-order valence-electron chi connectivity index (χ2n) is 11.1. The Morgan fingerprint density at radius 1 is 1.11 bits per heavy atom. The number of halogens is 1. The van der Waals surface area contributed by atoms with Crippen LogP contribution in [0, 0.1) is 17.1 Å². The molecule has 12 heteroatoms. The molecule has 11 nitrogen and oxygen atoms in total. The fourth-order valence-corrected chi connectivity index (χ4v) is 5.62. The van der Waals surface area contributed by atoms with E-state index < -0.39 is 11.4 Å². The van der Waals surface area contributed by atoms with E-state index >= 15 is 0 Å². The van der Waals surface area contributed by atoms with Gasteiger partial charge in [-0.2, -0.15) is 15.3 Å². The average molecular weight is 596 g/mol. The van der Waals surface area contributed by atoms with Gasteiger partial charge in [0.1, 0.15) is 29.7 Å². The lowest BCUT2D eigenvalue weighted by atomic mass is 9.92. The van der Waals surface area contributed by atoms with Crippen LogP contribution in [-0.2, 0) is 47.9 Å². The molecule has 2 aliphatic rings. The molecule has 44 heavy (non-hydrogen) atoms. The smallest absolute Gasteiger partial charge is 0.215 e. The Balaban J connectivity index is 1.05. The van der Waals surface area contributed by atoms with Gasteiger partial charge < -0.3 is 28.8 Å². The summed E-state index contributed by atoms with van der Waals surface area (Å²) in [7, 11) is 1.67. The van der Waals surface area contributed by atoms with Gasteiger partial charge in [-0.3, -0.25) is 4.68 Å². The van der Waals surface area contributed by atoms with E-state index in [1.165, 1.54) is 6.07 Å². The number of rotatable bonds is 10. The summed E-state index contributed by atoms with van der Waals surface area (Å²) in [6, 6.07) is 17.6. The third-order valence-corrected chi connectivity index (χ3v) is 8.09. The molecule has 5 aromatic rings. The van der Waals surface area contributed by atoms with Crippen LogP contribution in [0.2, 0.25) is 0 Å². The van der Waals surface area contributed by atoms with Crippen molar-refractivity contribution in [2.75, 3.05) is 31.8 Å². The molecule has 0 atom stereocenters. The third-order valence-electron chi connectivity index (χ3n) is 8.09. The van der Waals surface area contributed by atoms with Crippen molar-refractivity contribution in [3.63, 3.8) is 0 Å². The van der Waals surface area contributed by atoms with E-state index in [0.29, 0.717) is 57.4 Å². The summed E-state index contributed by atoms with van der Waals surface area (Å²) in [4.78, 5) is 11.6. The van der Waals surface area contributed by atoms with Gasteiger partial charge in [0.25, 0.3) is 0 Å². The predicted octanol–water partition coefficient (Wildman–Crippen LogP) is 3.65. The van der Waals surface area contributed by atoms with Crippen molar-refractivity contribution >= 4 is 16.9 Å². The predicted molar refractivity (Wildman–Crippen MR) is 157 cm³/mol. The Bertz CT molecular complexity index is 1870. The maximum Gasteiger partial charge on any atom is 0.215 e. The van der Waals surface area contributed by atoms with Gasteiger partial charge in [-0.05, 0) is 35.9 Å². The molecule has 0 saturated carbocycles. The minimum Gasteiger partial charge on any atom is -0.473 e. The van der Waals surface area contributed by atoms with Gasteiger partial charge in [0.05, 0.1) is 61.3 Å². The zero-order valence-corrected chi connectivity index (χ0v) is 24.1. The monoisotopic (exact) mass is 595 g/mol. The Morgan fingerprint density at radius 3 is 2.75 bits per heavy atom. The van der Waals surface area contributed by atoms with Crippen LogP contribution >= 0.6 is 0 Å². The lowest BCUT2D eigenvalue weighted by molar-refractivity contribution is -0.184. The number of benzene rings is 2. The van der Waals surface area contributed by atoms with Crippen LogP contribution in [0.1, 0.15) is 33.8 Å². The highest BCUT2D eigenvalue weighted by molar-refractivity contribution is 5.77. The fraction of sp³-hybridized carbons (Fsp3) is 0.312. The molecule has 2 aliphatic heterocycles. The number of methoxy groups -OCH3 is 1. The van der Waals surface area contributed by atoms with E-state index in [0.717, 1.165) is 39.5 Å². The first-order chi connectivity index (χ1) is 21.4. The van der Waals surface area contributed by atoms with Crippen molar-refractivity contribution in [2.24, 2.45) is 0 Å². The number of pyridine rings is 1. The minimum atomic E-state index is -0.956. The molecule has 1 fully saturated rings. The number of anilines is 1. The molecule has 0 unspecified atom stereocenters. The van der Waals surface area contributed by atoms with Gasteiger partial charge in [0.15, 0.2) is 0 Å². The van der Waals surface area contributed by atoms with Crippen LogP contribution in [0.25, 0.3) is 11.0 Å². The first-order valence-electron chi connectivity index (χ1n) is 14.3.